The van der Waals surface area contributed by atoms with E-state index < -0.39 is 0 Å². The molecule has 16 heavy (non-hydrogen) atoms. The maximum Gasteiger partial charge on any atom is 0.139 e. The van der Waals surface area contributed by atoms with Crippen molar-refractivity contribution in [2.45, 2.75) is 6.92 Å². The molecule has 0 saturated carbocycles. The molecular weight excluding hydrogens is 226 g/mol. The van der Waals surface area contributed by atoms with Crippen molar-refractivity contribution in [3.63, 3.8) is 0 Å². The maximum atomic E-state index is 6.05. The third-order valence-electron chi connectivity index (χ3n) is 2.37. The lowest BCUT2D eigenvalue weighted by Gasteiger charge is -2.09. The van der Waals surface area contributed by atoms with E-state index in [9.17, 15) is 0 Å². The molecule has 0 saturated heterocycles. The Morgan fingerprint density at radius 2 is 2.12 bits per heavy atom. The molecule has 0 aliphatic rings. The first-order valence-electron chi connectivity index (χ1n) is 4.77. The zero-order valence-electron chi connectivity index (χ0n) is 9.04. The third-order valence-corrected chi connectivity index (χ3v) is 2.66. The van der Waals surface area contributed by atoms with Gasteiger partial charge in [0.2, 0.25) is 0 Å². The lowest BCUT2D eigenvalue weighted by Crippen LogP contribution is -2.08. The smallest absolute Gasteiger partial charge is 0.139 e. The molecule has 0 atom stereocenters. The van der Waals surface area contributed by atoms with Crippen molar-refractivity contribution in [1.29, 1.82) is 0 Å². The quantitative estimate of drug-likeness (QED) is 0.622. The Morgan fingerprint density at radius 1 is 1.38 bits per heavy atom. The van der Waals surface area contributed by atoms with Gasteiger partial charge in [0.1, 0.15) is 5.75 Å². The fourth-order valence-electron chi connectivity index (χ4n) is 1.64. The molecule has 0 aliphatic carbocycles. The first-order chi connectivity index (χ1) is 7.65. The van der Waals surface area contributed by atoms with Crippen LogP contribution >= 0.6 is 11.6 Å². The predicted octanol–water partition coefficient (Wildman–Crippen LogP) is 2.49. The summed E-state index contributed by atoms with van der Waals surface area (Å²) in [5.74, 6) is 6.06. The Morgan fingerprint density at radius 3 is 2.75 bits per heavy atom. The Labute approximate surface area is 98.3 Å². The zero-order valence-corrected chi connectivity index (χ0v) is 9.80. The van der Waals surface area contributed by atoms with Crippen molar-refractivity contribution in [2.24, 2.45) is 5.84 Å². The number of halogens is 1. The standard InChI is InChI=1S/C11H12ClN3O/c1-6-3-10(15-13)7-4-8(12)11(16-2)5-9(7)14-6/h3-5H,13H2,1-2H3,(H,14,15). The molecule has 4 nitrogen and oxygen atoms in total. The molecule has 1 aromatic carbocycles. The molecule has 2 aromatic rings. The first kappa shape index (κ1) is 11.0. The normalized spacial score (nSPS) is 10.5. The van der Waals surface area contributed by atoms with Gasteiger partial charge in [0.05, 0.1) is 23.3 Å². The zero-order chi connectivity index (χ0) is 11.7. The number of rotatable bonds is 2. The predicted molar refractivity (Wildman–Crippen MR) is 65.9 cm³/mol. The highest BCUT2D eigenvalue weighted by Crippen LogP contribution is 2.32. The van der Waals surface area contributed by atoms with Gasteiger partial charge in [0.25, 0.3) is 0 Å². The van der Waals surface area contributed by atoms with Gasteiger partial charge in [-0.15, -0.1) is 0 Å². The third kappa shape index (κ3) is 1.77. The van der Waals surface area contributed by atoms with E-state index in [0.29, 0.717) is 10.8 Å². The Hall–Kier alpha value is -1.52. The van der Waals surface area contributed by atoms with Crippen LogP contribution in [0.2, 0.25) is 5.02 Å². The van der Waals surface area contributed by atoms with Gasteiger partial charge in [0.15, 0.2) is 0 Å². The van der Waals surface area contributed by atoms with Gasteiger partial charge in [0, 0.05) is 17.1 Å². The SMILES string of the molecule is COc1cc2nc(C)cc(NN)c2cc1Cl. The number of aromatic nitrogens is 1. The van der Waals surface area contributed by atoms with Crippen molar-refractivity contribution in [2.75, 3.05) is 12.5 Å². The Balaban J connectivity index is 2.79. The summed E-state index contributed by atoms with van der Waals surface area (Å²) in [4.78, 5) is 4.40. The molecule has 0 unspecified atom stereocenters. The van der Waals surface area contributed by atoms with E-state index in [4.69, 9.17) is 22.2 Å². The number of ether oxygens (including phenoxy) is 1. The van der Waals surface area contributed by atoms with Gasteiger partial charge in [-0.3, -0.25) is 10.8 Å². The van der Waals surface area contributed by atoms with Crippen molar-refractivity contribution >= 4 is 28.2 Å². The number of pyridine rings is 1. The lowest BCUT2D eigenvalue weighted by molar-refractivity contribution is 0.415. The van der Waals surface area contributed by atoms with Gasteiger partial charge in [-0.05, 0) is 19.1 Å². The van der Waals surface area contributed by atoms with E-state index in [1.54, 1.807) is 19.2 Å². The van der Waals surface area contributed by atoms with Crippen molar-refractivity contribution in [3.8, 4) is 5.75 Å². The highest BCUT2D eigenvalue weighted by Gasteiger charge is 2.08. The topological polar surface area (TPSA) is 60.2 Å². The summed E-state index contributed by atoms with van der Waals surface area (Å²) in [6.45, 7) is 1.90. The van der Waals surface area contributed by atoms with Gasteiger partial charge in [-0.1, -0.05) is 11.6 Å². The van der Waals surface area contributed by atoms with E-state index in [1.165, 1.54) is 0 Å². The number of hydrogen-bond acceptors (Lipinski definition) is 4. The minimum atomic E-state index is 0.539. The number of anilines is 1. The number of nitrogens with zero attached hydrogens (tertiary/aromatic N) is 1. The highest BCUT2D eigenvalue weighted by molar-refractivity contribution is 6.33. The number of fused-ring (bicyclic) bond motifs is 1. The van der Waals surface area contributed by atoms with Crippen LogP contribution in [-0.4, -0.2) is 12.1 Å². The summed E-state index contributed by atoms with van der Waals surface area (Å²) in [6.07, 6.45) is 0. The second-order valence-corrected chi connectivity index (χ2v) is 3.87. The van der Waals surface area contributed by atoms with E-state index >= 15 is 0 Å². The Bertz CT molecular complexity index is 542. The van der Waals surface area contributed by atoms with E-state index in [2.05, 4.69) is 10.4 Å². The van der Waals surface area contributed by atoms with E-state index in [-0.39, 0.29) is 0 Å². The number of nitrogens with two attached hydrogens (primary N) is 1. The number of aryl methyl sites for hydroxylation is 1. The number of hydrazine groups is 1. The number of methoxy groups -OCH3 is 1. The lowest BCUT2D eigenvalue weighted by atomic mass is 10.1. The van der Waals surface area contributed by atoms with Crippen LogP contribution in [0, 0.1) is 6.92 Å². The fraction of sp³-hybridized carbons (Fsp3) is 0.182. The monoisotopic (exact) mass is 237 g/mol. The van der Waals surface area contributed by atoms with Crippen LogP contribution in [0.1, 0.15) is 5.69 Å². The van der Waals surface area contributed by atoms with Crippen LogP contribution in [0.3, 0.4) is 0 Å². The average Bonchev–Trinajstić information content (AvgIpc) is 2.28. The summed E-state index contributed by atoms with van der Waals surface area (Å²) in [7, 11) is 1.57. The van der Waals surface area contributed by atoms with Crippen LogP contribution in [0.15, 0.2) is 18.2 Å². The molecule has 5 heteroatoms. The Kier molecular flexibility index (Phi) is 2.85. The number of nitrogens with one attached hydrogen (secondary N) is 1. The molecule has 0 fully saturated rings. The van der Waals surface area contributed by atoms with Crippen LogP contribution < -0.4 is 16.0 Å². The summed E-state index contributed by atoms with van der Waals surface area (Å²) >= 11 is 6.05. The molecule has 0 spiro atoms. The molecule has 1 aromatic heterocycles. The van der Waals surface area contributed by atoms with Gasteiger partial charge in [-0.2, -0.15) is 0 Å². The van der Waals surface area contributed by atoms with Crippen LogP contribution in [-0.2, 0) is 0 Å². The van der Waals surface area contributed by atoms with Crippen molar-refractivity contribution in [1.82, 2.24) is 4.98 Å². The molecule has 1 heterocycles. The van der Waals surface area contributed by atoms with E-state index in [1.807, 2.05) is 13.0 Å². The van der Waals surface area contributed by atoms with Crippen LogP contribution in [0.25, 0.3) is 10.9 Å². The molecule has 84 valence electrons. The van der Waals surface area contributed by atoms with Gasteiger partial charge >= 0.3 is 0 Å². The summed E-state index contributed by atoms with van der Waals surface area (Å²) in [5.41, 5.74) is 5.11. The van der Waals surface area contributed by atoms with Crippen molar-refractivity contribution in [3.05, 3.63) is 28.9 Å². The maximum absolute atomic E-state index is 6.05. The molecule has 0 aliphatic heterocycles. The summed E-state index contributed by atoms with van der Waals surface area (Å²) < 4.78 is 5.14. The second-order valence-electron chi connectivity index (χ2n) is 3.46. The highest BCUT2D eigenvalue weighted by atomic mass is 35.5. The second kappa shape index (κ2) is 4.15. The molecule has 0 bridgehead atoms. The molecular formula is C11H12ClN3O. The summed E-state index contributed by atoms with van der Waals surface area (Å²) in [5, 5.41) is 1.41. The minimum Gasteiger partial charge on any atom is -0.495 e. The van der Waals surface area contributed by atoms with E-state index in [0.717, 1.165) is 22.3 Å². The van der Waals surface area contributed by atoms with Crippen molar-refractivity contribution < 1.29 is 4.74 Å². The average molecular weight is 238 g/mol. The number of benzene rings is 1. The van der Waals surface area contributed by atoms with Gasteiger partial charge in [-0.25, -0.2) is 0 Å². The minimum absolute atomic E-state index is 0.539. The number of hydrogen-bond donors (Lipinski definition) is 2. The largest absolute Gasteiger partial charge is 0.495 e. The van der Waals surface area contributed by atoms with Crippen LogP contribution in [0.5, 0.6) is 5.75 Å². The first-order valence-corrected chi connectivity index (χ1v) is 5.15. The summed E-state index contributed by atoms with van der Waals surface area (Å²) in [6, 6.07) is 5.45. The molecule has 0 radical (unpaired) electrons. The van der Waals surface area contributed by atoms with Crippen LogP contribution in [0.4, 0.5) is 5.69 Å². The molecule has 2 rings (SSSR count). The van der Waals surface area contributed by atoms with Gasteiger partial charge < -0.3 is 10.2 Å². The fourth-order valence-corrected chi connectivity index (χ4v) is 1.88. The number of nitrogen functional groups attached to an aromatic ring is 1. The molecule has 0 amide bonds. The molecule has 3 N–H and O–H groups in total.